The van der Waals surface area contributed by atoms with Crippen LogP contribution in [0.3, 0.4) is 0 Å². The van der Waals surface area contributed by atoms with Gasteiger partial charge in [0.1, 0.15) is 5.01 Å². The third-order valence-electron chi connectivity index (χ3n) is 3.28. The number of thiazole rings is 1. The minimum Gasteiger partial charge on any atom is -0.356 e. The molecule has 1 aromatic carbocycles. The van der Waals surface area contributed by atoms with Gasteiger partial charge < -0.3 is 10.6 Å². The topological polar surface area (TPSA) is 71.1 Å². The van der Waals surface area contributed by atoms with E-state index < -0.39 is 0 Å². The highest BCUT2D eigenvalue weighted by Gasteiger charge is 2.08. The molecule has 0 spiro atoms. The maximum Gasteiger partial charge on any atom is 0.221 e. The van der Waals surface area contributed by atoms with E-state index in [0.29, 0.717) is 25.3 Å². The first-order chi connectivity index (χ1) is 11.4. The second kappa shape index (κ2) is 8.59. The highest BCUT2D eigenvalue weighted by molar-refractivity contribution is 7.13. The summed E-state index contributed by atoms with van der Waals surface area (Å²) in [7, 11) is 0. The molecule has 0 saturated heterocycles. The SMILES string of the molecule is CC(=O)Nc1cccc(-c2nc(CCNC(=O)CC(C)C)cs2)c1. The number of carbonyl (C=O) groups excluding carboxylic acids is 2. The zero-order valence-corrected chi connectivity index (χ0v) is 15.1. The van der Waals surface area contributed by atoms with Crippen LogP contribution in [0.1, 0.15) is 32.9 Å². The lowest BCUT2D eigenvalue weighted by atomic mass is 10.1. The van der Waals surface area contributed by atoms with Crippen molar-refractivity contribution >= 4 is 28.8 Å². The van der Waals surface area contributed by atoms with Gasteiger partial charge in [-0.3, -0.25) is 9.59 Å². The molecule has 0 radical (unpaired) electrons. The van der Waals surface area contributed by atoms with Crippen LogP contribution < -0.4 is 10.6 Å². The van der Waals surface area contributed by atoms with Gasteiger partial charge in [-0.1, -0.05) is 26.0 Å². The van der Waals surface area contributed by atoms with Crippen LogP contribution in [0.25, 0.3) is 10.6 Å². The number of amides is 2. The molecule has 24 heavy (non-hydrogen) atoms. The number of hydrogen-bond acceptors (Lipinski definition) is 4. The second-order valence-corrected chi connectivity index (χ2v) is 6.96. The maximum absolute atomic E-state index is 11.6. The molecule has 1 heterocycles. The predicted molar refractivity (Wildman–Crippen MR) is 98.0 cm³/mol. The van der Waals surface area contributed by atoms with Crippen LogP contribution in [0.15, 0.2) is 29.6 Å². The number of anilines is 1. The van der Waals surface area contributed by atoms with Crippen molar-refractivity contribution < 1.29 is 9.59 Å². The third-order valence-corrected chi connectivity index (χ3v) is 4.22. The number of hydrogen-bond donors (Lipinski definition) is 2. The lowest BCUT2D eigenvalue weighted by Gasteiger charge is -2.06. The Kier molecular flexibility index (Phi) is 6.49. The van der Waals surface area contributed by atoms with Crippen LogP contribution in [-0.2, 0) is 16.0 Å². The fraction of sp³-hybridized carbons (Fsp3) is 0.389. The Labute approximate surface area is 146 Å². The number of carbonyl (C=O) groups is 2. The summed E-state index contributed by atoms with van der Waals surface area (Å²) < 4.78 is 0. The maximum atomic E-state index is 11.6. The number of rotatable bonds is 7. The lowest BCUT2D eigenvalue weighted by Crippen LogP contribution is -2.26. The first kappa shape index (κ1) is 18.1. The third kappa shape index (κ3) is 5.77. The van der Waals surface area contributed by atoms with Gasteiger partial charge in [-0.25, -0.2) is 4.98 Å². The molecule has 6 heteroatoms. The van der Waals surface area contributed by atoms with Gasteiger partial charge in [0.05, 0.1) is 5.69 Å². The van der Waals surface area contributed by atoms with E-state index in [1.807, 2.05) is 43.5 Å². The van der Waals surface area contributed by atoms with E-state index in [1.54, 1.807) is 11.3 Å². The summed E-state index contributed by atoms with van der Waals surface area (Å²) in [5, 5.41) is 8.61. The largest absolute Gasteiger partial charge is 0.356 e. The Morgan fingerprint density at radius 2 is 2.08 bits per heavy atom. The smallest absolute Gasteiger partial charge is 0.221 e. The van der Waals surface area contributed by atoms with Gasteiger partial charge in [0.25, 0.3) is 0 Å². The number of nitrogens with zero attached hydrogens (tertiary/aromatic N) is 1. The van der Waals surface area contributed by atoms with E-state index in [2.05, 4.69) is 15.6 Å². The van der Waals surface area contributed by atoms with Crippen LogP contribution in [0.5, 0.6) is 0 Å². The average molecular weight is 345 g/mol. The molecule has 0 aliphatic rings. The molecule has 0 aliphatic carbocycles. The molecule has 0 unspecified atom stereocenters. The van der Waals surface area contributed by atoms with Crippen LogP contribution in [0, 0.1) is 5.92 Å². The fourth-order valence-corrected chi connectivity index (χ4v) is 3.11. The molecule has 0 fully saturated rings. The first-order valence-corrected chi connectivity index (χ1v) is 8.91. The van der Waals surface area contributed by atoms with Crippen molar-refractivity contribution in [1.82, 2.24) is 10.3 Å². The predicted octanol–water partition coefficient (Wildman–Crippen LogP) is 3.47. The van der Waals surface area contributed by atoms with E-state index >= 15 is 0 Å². The van der Waals surface area contributed by atoms with E-state index in [9.17, 15) is 9.59 Å². The summed E-state index contributed by atoms with van der Waals surface area (Å²) >= 11 is 1.56. The Morgan fingerprint density at radius 3 is 2.79 bits per heavy atom. The van der Waals surface area contributed by atoms with E-state index in [1.165, 1.54) is 6.92 Å². The minimum absolute atomic E-state index is 0.0865. The van der Waals surface area contributed by atoms with E-state index in [-0.39, 0.29) is 11.8 Å². The van der Waals surface area contributed by atoms with Crippen LogP contribution in [0.4, 0.5) is 5.69 Å². The number of aromatic nitrogens is 1. The van der Waals surface area contributed by atoms with Crippen molar-refractivity contribution in [2.75, 3.05) is 11.9 Å². The summed E-state index contributed by atoms with van der Waals surface area (Å²) in [4.78, 5) is 27.4. The van der Waals surface area contributed by atoms with Gasteiger partial charge in [0, 0.05) is 42.9 Å². The van der Waals surface area contributed by atoms with E-state index in [4.69, 9.17) is 0 Å². The molecule has 1 aromatic heterocycles. The Balaban J connectivity index is 1.93. The van der Waals surface area contributed by atoms with Crippen LogP contribution in [-0.4, -0.2) is 23.3 Å². The average Bonchev–Trinajstić information content (AvgIpc) is 2.95. The molecule has 128 valence electrons. The van der Waals surface area contributed by atoms with Gasteiger partial charge in [-0.2, -0.15) is 0 Å². The number of benzene rings is 1. The quantitative estimate of drug-likeness (QED) is 0.807. The molecule has 0 aliphatic heterocycles. The Hall–Kier alpha value is -2.21. The standard InChI is InChI=1S/C18H23N3O2S/c1-12(2)9-17(23)19-8-7-16-11-24-18(21-16)14-5-4-6-15(10-14)20-13(3)22/h4-6,10-12H,7-9H2,1-3H3,(H,19,23)(H,20,22). The normalized spacial score (nSPS) is 10.7. The van der Waals surface area contributed by atoms with Gasteiger partial charge in [-0.05, 0) is 18.1 Å². The van der Waals surface area contributed by atoms with Crippen molar-refractivity contribution in [2.24, 2.45) is 5.92 Å². The van der Waals surface area contributed by atoms with Gasteiger partial charge in [-0.15, -0.1) is 11.3 Å². The summed E-state index contributed by atoms with van der Waals surface area (Å²) in [5.41, 5.74) is 2.70. The molecule has 2 amide bonds. The Bertz CT molecular complexity index is 710. The summed E-state index contributed by atoms with van der Waals surface area (Å²) in [5.74, 6) is 0.361. The van der Waals surface area contributed by atoms with Crippen molar-refractivity contribution in [3.8, 4) is 10.6 Å². The van der Waals surface area contributed by atoms with Crippen molar-refractivity contribution in [1.29, 1.82) is 0 Å². The zero-order valence-electron chi connectivity index (χ0n) is 14.3. The van der Waals surface area contributed by atoms with Crippen LogP contribution in [0.2, 0.25) is 0 Å². The minimum atomic E-state index is -0.0934. The summed E-state index contributed by atoms with van der Waals surface area (Å²) in [6.45, 7) is 6.14. The lowest BCUT2D eigenvalue weighted by molar-refractivity contribution is -0.121. The molecule has 2 aromatic rings. The molecular formula is C18H23N3O2S. The first-order valence-electron chi connectivity index (χ1n) is 8.03. The van der Waals surface area contributed by atoms with Crippen molar-refractivity contribution in [3.63, 3.8) is 0 Å². The van der Waals surface area contributed by atoms with Crippen molar-refractivity contribution in [2.45, 2.75) is 33.6 Å². The Morgan fingerprint density at radius 1 is 1.29 bits per heavy atom. The monoisotopic (exact) mass is 345 g/mol. The van der Waals surface area contributed by atoms with E-state index in [0.717, 1.165) is 22.0 Å². The molecule has 2 N–H and O–H groups in total. The molecule has 0 saturated carbocycles. The number of nitrogens with one attached hydrogen (secondary N) is 2. The summed E-state index contributed by atoms with van der Waals surface area (Å²) in [6.07, 6.45) is 1.27. The highest BCUT2D eigenvalue weighted by atomic mass is 32.1. The van der Waals surface area contributed by atoms with Gasteiger partial charge in [0.2, 0.25) is 11.8 Å². The highest BCUT2D eigenvalue weighted by Crippen LogP contribution is 2.26. The molecule has 0 bridgehead atoms. The summed E-state index contributed by atoms with van der Waals surface area (Å²) in [6, 6.07) is 7.63. The van der Waals surface area contributed by atoms with Crippen LogP contribution >= 0.6 is 11.3 Å². The molecule has 0 atom stereocenters. The molecule has 2 rings (SSSR count). The second-order valence-electron chi connectivity index (χ2n) is 6.10. The van der Waals surface area contributed by atoms with Crippen molar-refractivity contribution in [3.05, 3.63) is 35.3 Å². The fourth-order valence-electron chi connectivity index (χ4n) is 2.26. The molecule has 5 nitrogen and oxygen atoms in total. The molecular weight excluding hydrogens is 322 g/mol. The van der Waals surface area contributed by atoms with Gasteiger partial charge >= 0.3 is 0 Å². The van der Waals surface area contributed by atoms with Gasteiger partial charge in [0.15, 0.2) is 0 Å². The zero-order chi connectivity index (χ0) is 17.5.